The molecule has 0 amide bonds. The molecular weight excluding hydrogens is 284 g/mol. The topological polar surface area (TPSA) is 63.4 Å². The molecule has 0 radical (unpaired) electrons. The minimum Gasteiger partial charge on any atom is -0.325 e. The molecule has 1 aromatic rings. The molecule has 2 N–H and O–H groups in total. The number of nitrogens with two attached hydrogens (primary N) is 1. The monoisotopic (exact) mass is 308 g/mol. The van der Waals surface area contributed by atoms with E-state index in [1.807, 2.05) is 12.1 Å². The van der Waals surface area contributed by atoms with Gasteiger partial charge in [0.15, 0.2) is 9.84 Å². The van der Waals surface area contributed by atoms with Crippen molar-refractivity contribution in [1.82, 2.24) is 4.90 Å². The molecule has 0 atom stereocenters. The van der Waals surface area contributed by atoms with Gasteiger partial charge in [-0.2, -0.15) is 0 Å². The van der Waals surface area contributed by atoms with E-state index in [1.54, 1.807) is 12.1 Å². The Morgan fingerprint density at radius 3 is 2.10 bits per heavy atom. The smallest absolute Gasteiger partial charge is 0.175 e. The third-order valence-electron chi connectivity index (χ3n) is 4.93. The summed E-state index contributed by atoms with van der Waals surface area (Å²) in [6.45, 7) is 2.11. The Labute approximate surface area is 127 Å². The minimum absolute atomic E-state index is 0.381. The molecule has 1 aliphatic carbocycles. The predicted molar refractivity (Wildman–Crippen MR) is 84.1 cm³/mol. The highest BCUT2D eigenvalue weighted by atomic mass is 32.2. The fourth-order valence-corrected chi connectivity index (χ4v) is 4.24. The number of nitrogens with zero attached hydrogens (tertiary/aromatic N) is 1. The van der Waals surface area contributed by atoms with Crippen LogP contribution in [0.25, 0.3) is 0 Å². The van der Waals surface area contributed by atoms with Gasteiger partial charge in [0.2, 0.25) is 0 Å². The summed E-state index contributed by atoms with van der Waals surface area (Å²) in [6, 6.07) is 8.54. The van der Waals surface area contributed by atoms with Crippen LogP contribution in [0.2, 0.25) is 0 Å². The standard InChI is InChI=1S/C16H24N2O2S/c1-21(19,20)16-8-4-13(5-9-16)12-2-6-15(7-3-12)18-10-14(17)11-18/h4-5,8-9,12,14-15H,2-3,6-7,10-11,17H2,1H3. The van der Waals surface area contributed by atoms with Crippen LogP contribution in [0.5, 0.6) is 0 Å². The van der Waals surface area contributed by atoms with Crippen molar-refractivity contribution in [2.75, 3.05) is 19.3 Å². The third-order valence-corrected chi connectivity index (χ3v) is 6.06. The Hall–Kier alpha value is -0.910. The van der Waals surface area contributed by atoms with Crippen LogP contribution < -0.4 is 5.73 Å². The second kappa shape index (κ2) is 5.71. The Bertz CT molecular complexity index is 583. The van der Waals surface area contributed by atoms with E-state index in [9.17, 15) is 8.42 Å². The maximum Gasteiger partial charge on any atom is 0.175 e. The highest BCUT2D eigenvalue weighted by molar-refractivity contribution is 7.90. The molecule has 1 aliphatic heterocycles. The summed E-state index contributed by atoms with van der Waals surface area (Å²) in [4.78, 5) is 2.92. The summed E-state index contributed by atoms with van der Waals surface area (Å²) in [5.74, 6) is 0.574. The minimum atomic E-state index is -3.09. The van der Waals surface area contributed by atoms with Crippen LogP contribution in [0.1, 0.15) is 37.2 Å². The lowest BCUT2D eigenvalue weighted by atomic mass is 9.80. The molecule has 1 heterocycles. The zero-order valence-electron chi connectivity index (χ0n) is 12.5. The summed E-state index contributed by atoms with van der Waals surface area (Å²) < 4.78 is 23.0. The van der Waals surface area contributed by atoms with Crippen LogP contribution in [-0.2, 0) is 9.84 Å². The van der Waals surface area contributed by atoms with Crippen molar-refractivity contribution in [3.63, 3.8) is 0 Å². The second-order valence-corrected chi connectivity index (χ2v) is 8.58. The van der Waals surface area contributed by atoms with E-state index in [-0.39, 0.29) is 0 Å². The lowest BCUT2D eigenvalue weighted by Crippen LogP contribution is -2.59. The fourth-order valence-electron chi connectivity index (χ4n) is 3.61. The Morgan fingerprint density at radius 1 is 1.05 bits per heavy atom. The number of hydrogen-bond acceptors (Lipinski definition) is 4. The molecule has 116 valence electrons. The van der Waals surface area contributed by atoms with Crippen LogP contribution in [0.15, 0.2) is 29.2 Å². The number of rotatable bonds is 3. The lowest BCUT2D eigenvalue weighted by molar-refractivity contribution is 0.0679. The molecule has 0 unspecified atom stereocenters. The van der Waals surface area contributed by atoms with Gasteiger partial charge < -0.3 is 5.73 Å². The summed E-state index contributed by atoms with van der Waals surface area (Å²) in [7, 11) is -3.09. The molecular formula is C16H24N2O2S. The van der Waals surface area contributed by atoms with Crippen molar-refractivity contribution in [2.24, 2.45) is 5.73 Å². The zero-order chi connectivity index (χ0) is 15.0. The Balaban J connectivity index is 1.59. The van der Waals surface area contributed by atoms with E-state index in [0.29, 0.717) is 22.9 Å². The molecule has 0 spiro atoms. The molecule has 1 saturated heterocycles. The van der Waals surface area contributed by atoms with Crippen LogP contribution >= 0.6 is 0 Å². The van der Waals surface area contributed by atoms with Gasteiger partial charge in [0.25, 0.3) is 0 Å². The van der Waals surface area contributed by atoms with Gasteiger partial charge in [0, 0.05) is 31.4 Å². The van der Waals surface area contributed by atoms with E-state index in [2.05, 4.69) is 4.90 Å². The van der Waals surface area contributed by atoms with E-state index in [1.165, 1.54) is 37.5 Å². The summed E-state index contributed by atoms with van der Waals surface area (Å²) in [5.41, 5.74) is 7.13. The van der Waals surface area contributed by atoms with Crippen molar-refractivity contribution in [3.05, 3.63) is 29.8 Å². The van der Waals surface area contributed by atoms with Crippen molar-refractivity contribution < 1.29 is 8.42 Å². The van der Waals surface area contributed by atoms with Crippen LogP contribution in [0, 0.1) is 0 Å². The average Bonchev–Trinajstić information content (AvgIpc) is 2.43. The highest BCUT2D eigenvalue weighted by Gasteiger charge is 2.32. The maximum atomic E-state index is 11.5. The van der Waals surface area contributed by atoms with E-state index < -0.39 is 9.84 Å². The molecule has 21 heavy (non-hydrogen) atoms. The number of hydrogen-bond donors (Lipinski definition) is 1. The predicted octanol–water partition coefficient (Wildman–Crippen LogP) is 1.76. The fraction of sp³-hybridized carbons (Fsp3) is 0.625. The quantitative estimate of drug-likeness (QED) is 0.924. The SMILES string of the molecule is CS(=O)(=O)c1ccc(C2CCC(N3CC(N)C3)CC2)cc1. The molecule has 4 nitrogen and oxygen atoms in total. The molecule has 1 saturated carbocycles. The van der Waals surface area contributed by atoms with Crippen LogP contribution in [0.3, 0.4) is 0 Å². The summed E-state index contributed by atoms with van der Waals surface area (Å²) in [5, 5.41) is 0. The first-order valence-corrected chi connectivity index (χ1v) is 9.62. The first-order chi connectivity index (χ1) is 9.93. The van der Waals surface area contributed by atoms with Crippen molar-refractivity contribution >= 4 is 9.84 Å². The first kappa shape index (κ1) is 15.0. The molecule has 0 aromatic heterocycles. The van der Waals surface area contributed by atoms with Crippen LogP contribution in [-0.4, -0.2) is 44.7 Å². The van der Waals surface area contributed by atoms with Gasteiger partial charge in [-0.1, -0.05) is 12.1 Å². The van der Waals surface area contributed by atoms with Crippen molar-refractivity contribution in [3.8, 4) is 0 Å². The van der Waals surface area contributed by atoms with Gasteiger partial charge in [-0.25, -0.2) is 8.42 Å². The molecule has 3 rings (SSSR count). The first-order valence-electron chi connectivity index (χ1n) is 7.73. The van der Waals surface area contributed by atoms with Gasteiger partial charge in [0.1, 0.15) is 0 Å². The van der Waals surface area contributed by atoms with Crippen LogP contribution in [0.4, 0.5) is 0 Å². The lowest BCUT2D eigenvalue weighted by Gasteiger charge is -2.45. The van der Waals surface area contributed by atoms with Gasteiger partial charge in [-0.3, -0.25) is 4.90 Å². The molecule has 5 heteroatoms. The molecule has 2 fully saturated rings. The number of benzene rings is 1. The number of likely N-dealkylation sites (tertiary alicyclic amines) is 1. The van der Waals surface area contributed by atoms with Gasteiger partial charge in [-0.05, 0) is 49.3 Å². The summed E-state index contributed by atoms with van der Waals surface area (Å²) >= 11 is 0. The average molecular weight is 308 g/mol. The summed E-state index contributed by atoms with van der Waals surface area (Å²) in [6.07, 6.45) is 6.09. The van der Waals surface area contributed by atoms with E-state index >= 15 is 0 Å². The van der Waals surface area contributed by atoms with Gasteiger partial charge in [0.05, 0.1) is 4.90 Å². The van der Waals surface area contributed by atoms with Gasteiger partial charge in [-0.15, -0.1) is 0 Å². The Morgan fingerprint density at radius 2 is 1.62 bits per heavy atom. The number of sulfone groups is 1. The molecule has 0 bridgehead atoms. The maximum absolute atomic E-state index is 11.5. The van der Waals surface area contributed by atoms with E-state index in [0.717, 1.165) is 13.1 Å². The van der Waals surface area contributed by atoms with E-state index in [4.69, 9.17) is 5.73 Å². The normalized spacial score (nSPS) is 28.3. The second-order valence-electron chi connectivity index (χ2n) is 6.56. The van der Waals surface area contributed by atoms with Crippen molar-refractivity contribution in [1.29, 1.82) is 0 Å². The molecule has 2 aliphatic rings. The van der Waals surface area contributed by atoms with Crippen molar-refractivity contribution in [2.45, 2.75) is 48.6 Å². The Kier molecular flexibility index (Phi) is 4.08. The molecule has 1 aromatic carbocycles. The highest BCUT2D eigenvalue weighted by Crippen LogP contribution is 2.36. The zero-order valence-corrected chi connectivity index (χ0v) is 13.3. The largest absolute Gasteiger partial charge is 0.325 e. The van der Waals surface area contributed by atoms with Gasteiger partial charge >= 0.3 is 0 Å². The third kappa shape index (κ3) is 3.30.